The highest BCUT2D eigenvalue weighted by Crippen LogP contribution is 2.60. The summed E-state index contributed by atoms with van der Waals surface area (Å²) in [7, 11) is 0. The van der Waals surface area contributed by atoms with Crippen LogP contribution in [0, 0.1) is 17.8 Å². The first-order valence-corrected chi connectivity index (χ1v) is 11.8. The summed E-state index contributed by atoms with van der Waals surface area (Å²) < 4.78 is 0. The van der Waals surface area contributed by atoms with Gasteiger partial charge in [-0.05, 0) is 108 Å². The van der Waals surface area contributed by atoms with Crippen LogP contribution in [0.1, 0.15) is 66.7 Å². The van der Waals surface area contributed by atoms with Crippen molar-refractivity contribution in [3.63, 3.8) is 0 Å². The van der Waals surface area contributed by atoms with Gasteiger partial charge in [0.25, 0.3) is 0 Å². The molecule has 31 heavy (non-hydrogen) atoms. The molecule has 0 atom stereocenters. The summed E-state index contributed by atoms with van der Waals surface area (Å²) in [6.45, 7) is 0. The Bertz CT molecular complexity index is 982. The molecule has 0 heterocycles. The zero-order valence-electron chi connectivity index (χ0n) is 17.9. The summed E-state index contributed by atoms with van der Waals surface area (Å²) in [6.07, 6.45) is 8.58. The molecule has 4 saturated carbocycles. The van der Waals surface area contributed by atoms with Gasteiger partial charge in [0.2, 0.25) is 0 Å². The number of aromatic hydroxyl groups is 2. The van der Waals surface area contributed by atoms with Gasteiger partial charge in [-0.25, -0.2) is 0 Å². The van der Waals surface area contributed by atoms with Gasteiger partial charge in [-0.2, -0.15) is 0 Å². The van der Waals surface area contributed by atoms with E-state index in [1.54, 1.807) is 29.8 Å². The summed E-state index contributed by atoms with van der Waals surface area (Å²) in [5.74, 6) is 3.50. The molecule has 4 aliphatic carbocycles. The second-order valence-corrected chi connectivity index (χ2v) is 10.4. The van der Waals surface area contributed by atoms with E-state index >= 15 is 0 Å². The molecule has 0 amide bonds. The van der Waals surface area contributed by atoms with Crippen LogP contribution in [0.3, 0.4) is 0 Å². The normalized spacial score (nSPS) is 28.9. The lowest BCUT2D eigenvalue weighted by atomic mass is 9.48. The third-order valence-corrected chi connectivity index (χ3v) is 8.35. The minimum atomic E-state index is 0.0756. The summed E-state index contributed by atoms with van der Waals surface area (Å²) in [5.41, 5.74) is 5.51. The molecule has 4 fully saturated rings. The maximum Gasteiger partial charge on any atom is 0.115 e. The van der Waals surface area contributed by atoms with Crippen molar-refractivity contribution >= 4 is 0 Å². The number of phenolic OH excluding ortho intramolecular Hbond substituents is 2. The van der Waals surface area contributed by atoms with Crippen molar-refractivity contribution in [2.45, 2.75) is 49.9 Å². The van der Waals surface area contributed by atoms with Crippen molar-refractivity contribution < 1.29 is 10.2 Å². The first kappa shape index (κ1) is 19.0. The molecule has 4 bridgehead atoms. The molecule has 0 saturated heterocycles. The molecule has 2 N–H and O–H groups in total. The number of phenols is 2. The van der Waals surface area contributed by atoms with Crippen LogP contribution in [0.5, 0.6) is 11.5 Å². The molecular weight excluding hydrogens is 380 g/mol. The van der Waals surface area contributed by atoms with Crippen molar-refractivity contribution in [2.24, 2.45) is 17.8 Å². The molecule has 0 spiro atoms. The standard InChI is InChI=1S/C29H30O2/c30-26-9-3-23(4-10-26)28(24-5-11-27(31)12-6-24)22-1-7-25(8-2-22)29-16-19-13-20(17-29)15-21(14-19)18-29/h1-12,19-21,28,30-31H,13-18H2. The first-order valence-electron chi connectivity index (χ1n) is 11.8. The Kier molecular flexibility index (Phi) is 4.38. The van der Waals surface area contributed by atoms with Crippen LogP contribution >= 0.6 is 0 Å². The van der Waals surface area contributed by atoms with Crippen LogP contribution in [0.15, 0.2) is 72.8 Å². The third kappa shape index (κ3) is 3.33. The molecule has 4 aliphatic rings. The maximum atomic E-state index is 9.77. The van der Waals surface area contributed by atoms with E-state index in [0.717, 1.165) is 28.9 Å². The van der Waals surface area contributed by atoms with Gasteiger partial charge in [-0.15, -0.1) is 0 Å². The molecule has 158 valence electrons. The highest BCUT2D eigenvalue weighted by Gasteiger charge is 2.51. The van der Waals surface area contributed by atoms with E-state index in [9.17, 15) is 10.2 Å². The predicted molar refractivity (Wildman–Crippen MR) is 123 cm³/mol. The Labute approximate surface area is 184 Å². The topological polar surface area (TPSA) is 40.5 Å². The van der Waals surface area contributed by atoms with Crippen LogP contribution in [0.4, 0.5) is 0 Å². The molecule has 0 aromatic heterocycles. The van der Waals surface area contributed by atoms with Crippen molar-refractivity contribution in [1.82, 2.24) is 0 Å². The van der Waals surface area contributed by atoms with Gasteiger partial charge < -0.3 is 10.2 Å². The fourth-order valence-electron chi connectivity index (χ4n) is 7.40. The Morgan fingerprint density at radius 3 is 1.29 bits per heavy atom. The van der Waals surface area contributed by atoms with Gasteiger partial charge in [0.15, 0.2) is 0 Å². The monoisotopic (exact) mass is 410 g/mol. The van der Waals surface area contributed by atoms with Gasteiger partial charge in [0.1, 0.15) is 11.5 Å². The Balaban J connectivity index is 1.37. The average Bonchev–Trinajstić information content (AvgIpc) is 2.76. The minimum Gasteiger partial charge on any atom is -0.508 e. The Morgan fingerprint density at radius 2 is 0.903 bits per heavy atom. The molecule has 0 aliphatic heterocycles. The minimum absolute atomic E-state index is 0.0756. The number of hydrogen-bond acceptors (Lipinski definition) is 2. The van der Waals surface area contributed by atoms with E-state index in [1.165, 1.54) is 44.1 Å². The lowest BCUT2D eigenvalue weighted by molar-refractivity contribution is -0.00519. The van der Waals surface area contributed by atoms with Crippen LogP contribution in [-0.2, 0) is 5.41 Å². The van der Waals surface area contributed by atoms with Gasteiger partial charge in [0.05, 0.1) is 0 Å². The summed E-state index contributed by atoms with van der Waals surface area (Å²) >= 11 is 0. The predicted octanol–water partition coefficient (Wildman–Crippen LogP) is 6.75. The van der Waals surface area contributed by atoms with Crippen molar-refractivity contribution in [1.29, 1.82) is 0 Å². The number of hydrogen-bond donors (Lipinski definition) is 2. The number of benzene rings is 3. The maximum absolute atomic E-state index is 9.77. The van der Waals surface area contributed by atoms with E-state index in [-0.39, 0.29) is 17.4 Å². The molecular formula is C29H30O2. The summed E-state index contributed by atoms with van der Waals surface area (Å²) in [5, 5.41) is 19.5. The van der Waals surface area contributed by atoms with Crippen molar-refractivity contribution in [2.75, 3.05) is 0 Å². The van der Waals surface area contributed by atoms with E-state index in [2.05, 4.69) is 24.3 Å². The fraction of sp³-hybridized carbons (Fsp3) is 0.379. The molecule has 7 rings (SSSR count). The highest BCUT2D eigenvalue weighted by molar-refractivity contribution is 5.46. The highest BCUT2D eigenvalue weighted by atomic mass is 16.3. The quantitative estimate of drug-likeness (QED) is 0.467. The second kappa shape index (κ2) is 7.15. The van der Waals surface area contributed by atoms with Crippen LogP contribution in [0.2, 0.25) is 0 Å². The largest absolute Gasteiger partial charge is 0.508 e. The van der Waals surface area contributed by atoms with E-state index in [4.69, 9.17) is 0 Å². The second-order valence-electron chi connectivity index (χ2n) is 10.4. The van der Waals surface area contributed by atoms with Crippen LogP contribution < -0.4 is 0 Å². The van der Waals surface area contributed by atoms with Crippen molar-refractivity contribution in [3.8, 4) is 11.5 Å². The molecule has 2 nitrogen and oxygen atoms in total. The van der Waals surface area contributed by atoms with Crippen LogP contribution in [0.25, 0.3) is 0 Å². The van der Waals surface area contributed by atoms with Crippen molar-refractivity contribution in [3.05, 3.63) is 95.1 Å². The van der Waals surface area contributed by atoms with Crippen LogP contribution in [-0.4, -0.2) is 10.2 Å². The van der Waals surface area contributed by atoms with Gasteiger partial charge >= 0.3 is 0 Å². The third-order valence-electron chi connectivity index (χ3n) is 8.35. The van der Waals surface area contributed by atoms with Gasteiger partial charge in [0, 0.05) is 5.92 Å². The fourth-order valence-corrected chi connectivity index (χ4v) is 7.40. The van der Waals surface area contributed by atoms with Gasteiger partial charge in [-0.1, -0.05) is 48.5 Å². The Morgan fingerprint density at radius 1 is 0.548 bits per heavy atom. The molecule has 3 aromatic carbocycles. The molecule has 2 heteroatoms. The zero-order valence-corrected chi connectivity index (χ0v) is 17.9. The molecule has 3 aromatic rings. The molecule has 0 radical (unpaired) electrons. The smallest absolute Gasteiger partial charge is 0.115 e. The molecule has 0 unspecified atom stereocenters. The SMILES string of the molecule is Oc1ccc(C(c2ccc(O)cc2)c2ccc(C34CC5CC(CC(C5)C3)C4)cc2)cc1. The Hall–Kier alpha value is -2.74. The average molecular weight is 411 g/mol. The van der Waals surface area contributed by atoms with E-state index < -0.39 is 0 Å². The lowest BCUT2D eigenvalue weighted by Crippen LogP contribution is -2.48. The zero-order chi connectivity index (χ0) is 21.0. The van der Waals surface area contributed by atoms with E-state index in [0.29, 0.717) is 5.41 Å². The summed E-state index contributed by atoms with van der Waals surface area (Å²) in [6, 6.07) is 24.5. The van der Waals surface area contributed by atoms with E-state index in [1.807, 2.05) is 24.3 Å². The van der Waals surface area contributed by atoms with Gasteiger partial charge in [-0.3, -0.25) is 0 Å². The summed E-state index contributed by atoms with van der Waals surface area (Å²) in [4.78, 5) is 0. The lowest BCUT2D eigenvalue weighted by Gasteiger charge is -2.57. The first-order chi connectivity index (χ1) is 15.1. The number of rotatable bonds is 4.